The number of carbonyl (C=O) groups is 1. The van der Waals surface area contributed by atoms with Crippen molar-refractivity contribution in [3.8, 4) is 0 Å². The Bertz CT molecular complexity index is 1320. The molecule has 3 aromatic carbocycles. The summed E-state index contributed by atoms with van der Waals surface area (Å²) in [5, 5.41) is 42.2. The zero-order chi connectivity index (χ0) is 29.2. The topological polar surface area (TPSA) is 156 Å². The van der Waals surface area contributed by atoms with E-state index in [1.807, 2.05) is 0 Å². The molecule has 40 heavy (non-hydrogen) atoms. The Morgan fingerprint density at radius 2 is 1.30 bits per heavy atom. The maximum Gasteiger partial charge on any atom is 0.304 e. The van der Waals surface area contributed by atoms with Crippen LogP contribution < -0.4 is 15.8 Å². The SMILES string of the molecule is CC1(C)CC(NC(=O)c2cc([N+](=O)[O-])c([N]N(c3ccccc3)c3ccccc3)c([N+](=O)[O-])c2)CC(C)(C)N1[O]. The Labute approximate surface area is 231 Å². The van der Waals surface area contributed by atoms with Gasteiger partial charge in [-0.1, -0.05) is 36.4 Å². The highest BCUT2D eigenvalue weighted by atomic mass is 16.6. The number of amides is 1. The summed E-state index contributed by atoms with van der Waals surface area (Å²) in [5.41, 5.74) is 1.77. The van der Waals surface area contributed by atoms with Gasteiger partial charge in [-0.15, -0.1) is 10.3 Å². The number of nitro benzene ring substituents is 2. The molecule has 0 atom stereocenters. The average Bonchev–Trinajstić information content (AvgIpc) is 2.90. The summed E-state index contributed by atoms with van der Waals surface area (Å²) in [6.07, 6.45) is 0.679. The highest BCUT2D eigenvalue weighted by Crippen LogP contribution is 2.40. The second-order valence-corrected chi connectivity index (χ2v) is 11.0. The maximum absolute atomic E-state index is 13.3. The third-order valence-electron chi connectivity index (χ3n) is 6.85. The Morgan fingerprint density at radius 3 is 1.70 bits per heavy atom. The zero-order valence-corrected chi connectivity index (χ0v) is 22.6. The number of benzene rings is 3. The molecule has 4 rings (SSSR count). The molecule has 0 saturated carbocycles. The quantitative estimate of drug-likeness (QED) is 0.285. The molecule has 12 heteroatoms. The number of nitrogens with one attached hydrogen (secondary N) is 1. The molecular formula is C28H30N6O6. The number of hydroxylamine groups is 2. The van der Waals surface area contributed by atoms with Crippen molar-refractivity contribution in [2.75, 3.05) is 5.01 Å². The fourth-order valence-electron chi connectivity index (χ4n) is 5.25. The summed E-state index contributed by atoms with van der Waals surface area (Å²) in [5.74, 6) is -0.711. The summed E-state index contributed by atoms with van der Waals surface area (Å²) >= 11 is 0. The lowest BCUT2D eigenvalue weighted by atomic mass is 9.79. The van der Waals surface area contributed by atoms with Crippen LogP contribution in [0, 0.1) is 20.2 Å². The number of anilines is 2. The third-order valence-corrected chi connectivity index (χ3v) is 6.85. The van der Waals surface area contributed by atoms with Crippen LogP contribution in [0.25, 0.3) is 0 Å². The molecule has 0 aliphatic carbocycles. The van der Waals surface area contributed by atoms with Gasteiger partial charge in [0.2, 0.25) is 5.69 Å². The molecule has 1 N–H and O–H groups in total. The largest absolute Gasteiger partial charge is 0.349 e. The lowest BCUT2D eigenvalue weighted by Gasteiger charge is -2.49. The Balaban J connectivity index is 1.73. The van der Waals surface area contributed by atoms with E-state index in [0.717, 1.165) is 17.2 Å². The molecule has 1 aliphatic rings. The monoisotopic (exact) mass is 546 g/mol. The molecular weight excluding hydrogens is 516 g/mol. The first-order valence-electron chi connectivity index (χ1n) is 12.7. The Hall–Kier alpha value is -4.55. The minimum absolute atomic E-state index is 0.247. The molecule has 0 spiro atoms. The van der Waals surface area contributed by atoms with Crippen molar-refractivity contribution in [3.05, 3.63) is 98.6 Å². The normalized spacial score (nSPS) is 16.6. The zero-order valence-electron chi connectivity index (χ0n) is 22.6. The number of carbonyl (C=O) groups excluding carboxylic acids is 1. The van der Waals surface area contributed by atoms with Crippen LogP contribution >= 0.6 is 0 Å². The van der Waals surface area contributed by atoms with Crippen molar-refractivity contribution in [2.24, 2.45) is 0 Å². The van der Waals surface area contributed by atoms with E-state index in [2.05, 4.69) is 10.7 Å². The summed E-state index contributed by atoms with van der Waals surface area (Å²) < 4.78 is 0. The summed E-state index contributed by atoms with van der Waals surface area (Å²) in [4.78, 5) is 36.0. The molecule has 3 aromatic rings. The number of nitro groups is 2. The second kappa shape index (κ2) is 10.9. The van der Waals surface area contributed by atoms with Gasteiger partial charge >= 0.3 is 11.4 Å². The van der Waals surface area contributed by atoms with Gasteiger partial charge in [-0.2, -0.15) is 5.43 Å². The van der Waals surface area contributed by atoms with Gasteiger partial charge in [0.05, 0.1) is 26.8 Å². The predicted octanol–water partition coefficient (Wildman–Crippen LogP) is 5.59. The van der Waals surface area contributed by atoms with E-state index >= 15 is 0 Å². The van der Waals surface area contributed by atoms with E-state index in [4.69, 9.17) is 0 Å². The smallest absolute Gasteiger partial charge is 0.304 e. The van der Waals surface area contributed by atoms with E-state index in [9.17, 15) is 30.2 Å². The van der Waals surface area contributed by atoms with Gasteiger partial charge < -0.3 is 5.32 Å². The number of hydrogen-bond acceptors (Lipinski definition) is 7. The van der Waals surface area contributed by atoms with Crippen LogP contribution in [0.3, 0.4) is 0 Å². The average molecular weight is 547 g/mol. The number of piperidine rings is 1. The summed E-state index contributed by atoms with van der Waals surface area (Å²) in [6, 6.07) is 19.0. The number of para-hydroxylation sites is 2. The van der Waals surface area contributed by atoms with Crippen molar-refractivity contribution in [3.63, 3.8) is 0 Å². The van der Waals surface area contributed by atoms with Crippen molar-refractivity contribution in [2.45, 2.75) is 57.7 Å². The van der Waals surface area contributed by atoms with Gasteiger partial charge in [-0.3, -0.25) is 25.0 Å². The van der Waals surface area contributed by atoms with Crippen molar-refractivity contribution >= 4 is 34.3 Å². The number of nitrogens with zero attached hydrogens (tertiary/aromatic N) is 5. The highest BCUT2D eigenvalue weighted by molar-refractivity contribution is 5.97. The first kappa shape index (κ1) is 28.5. The molecule has 1 saturated heterocycles. The van der Waals surface area contributed by atoms with Crippen LogP contribution in [0.4, 0.5) is 28.4 Å². The molecule has 1 heterocycles. The van der Waals surface area contributed by atoms with Crippen LogP contribution in [0.5, 0.6) is 0 Å². The summed E-state index contributed by atoms with van der Waals surface area (Å²) in [7, 11) is 0. The minimum atomic E-state index is -0.793. The van der Waals surface area contributed by atoms with Crippen LogP contribution in [-0.4, -0.2) is 37.9 Å². The van der Waals surface area contributed by atoms with Gasteiger partial charge in [-0.05, 0) is 64.8 Å². The molecule has 1 aliphatic heterocycles. The maximum atomic E-state index is 13.3. The molecule has 1 amide bonds. The van der Waals surface area contributed by atoms with Gasteiger partial charge in [0.15, 0.2) is 0 Å². The van der Waals surface area contributed by atoms with Crippen molar-refractivity contribution in [1.82, 2.24) is 15.8 Å². The van der Waals surface area contributed by atoms with Gasteiger partial charge in [0.25, 0.3) is 5.91 Å². The number of hydrogen-bond donors (Lipinski definition) is 1. The molecule has 0 aromatic heterocycles. The predicted molar refractivity (Wildman–Crippen MR) is 148 cm³/mol. The lowest BCUT2D eigenvalue weighted by molar-refractivity contribution is -0.393. The molecule has 2 radical (unpaired) electrons. The lowest BCUT2D eigenvalue weighted by Crippen LogP contribution is -2.62. The third kappa shape index (κ3) is 5.87. The Morgan fingerprint density at radius 1 is 0.875 bits per heavy atom. The van der Waals surface area contributed by atoms with E-state index < -0.39 is 49.9 Å². The summed E-state index contributed by atoms with van der Waals surface area (Å²) in [6.45, 7) is 7.10. The van der Waals surface area contributed by atoms with Crippen LogP contribution in [-0.2, 0) is 5.21 Å². The van der Waals surface area contributed by atoms with Crippen LogP contribution in [0.1, 0.15) is 50.9 Å². The number of rotatable bonds is 8. The van der Waals surface area contributed by atoms with E-state index in [-0.39, 0.29) is 5.56 Å². The fourth-order valence-corrected chi connectivity index (χ4v) is 5.25. The standard InChI is InChI=1S/C28H30N6O6/c1-27(2)17-20(18-28(3,4)34(27)40)29-26(35)19-15-23(32(36)37)25(24(16-19)33(38)39)30-31(21-11-7-5-8-12-21)22-13-9-6-10-14-22/h5-16,20H,17-18H2,1-4H3,(H,29,35). The molecule has 0 bridgehead atoms. The first-order chi connectivity index (χ1) is 18.8. The van der Waals surface area contributed by atoms with Gasteiger partial charge in [0.1, 0.15) is 0 Å². The molecule has 12 nitrogen and oxygen atoms in total. The minimum Gasteiger partial charge on any atom is -0.349 e. The van der Waals surface area contributed by atoms with Crippen LogP contribution in [0.2, 0.25) is 0 Å². The van der Waals surface area contributed by atoms with Crippen molar-refractivity contribution < 1.29 is 19.8 Å². The highest BCUT2D eigenvalue weighted by Gasteiger charge is 2.46. The van der Waals surface area contributed by atoms with E-state index in [1.165, 1.54) is 5.01 Å². The second-order valence-electron chi connectivity index (χ2n) is 11.0. The van der Waals surface area contributed by atoms with Gasteiger partial charge in [0, 0.05) is 29.3 Å². The Kier molecular flexibility index (Phi) is 7.76. The first-order valence-corrected chi connectivity index (χ1v) is 12.7. The van der Waals surface area contributed by atoms with Crippen molar-refractivity contribution in [1.29, 1.82) is 0 Å². The molecule has 0 unspecified atom stereocenters. The van der Waals surface area contributed by atoms with E-state index in [1.54, 1.807) is 88.4 Å². The van der Waals surface area contributed by atoms with Gasteiger partial charge in [-0.25, -0.2) is 5.01 Å². The fraction of sp³-hybridized carbons (Fsp3) is 0.321. The van der Waals surface area contributed by atoms with Crippen LogP contribution in [0.15, 0.2) is 72.8 Å². The molecule has 1 fully saturated rings. The molecule has 208 valence electrons. The van der Waals surface area contributed by atoms with E-state index in [0.29, 0.717) is 24.2 Å².